The maximum Gasteiger partial charge on any atom is 0.139 e. The van der Waals surface area contributed by atoms with Crippen molar-refractivity contribution < 1.29 is 4.74 Å². The van der Waals surface area contributed by atoms with Crippen molar-refractivity contribution in [1.29, 1.82) is 0 Å². The summed E-state index contributed by atoms with van der Waals surface area (Å²) >= 11 is 0. The predicted molar refractivity (Wildman–Crippen MR) is 129 cm³/mol. The van der Waals surface area contributed by atoms with Gasteiger partial charge in [-0.2, -0.15) is 0 Å². The molecule has 5 heteroatoms. The molecule has 0 saturated carbocycles. The Hall–Kier alpha value is -4.12. The lowest BCUT2D eigenvalue weighted by Gasteiger charge is -2.08. The summed E-state index contributed by atoms with van der Waals surface area (Å²) in [6.45, 7) is 0.686. The molecule has 2 N–H and O–H groups in total. The van der Waals surface area contributed by atoms with Crippen LogP contribution in [0.4, 0.5) is 11.4 Å². The van der Waals surface area contributed by atoms with Gasteiger partial charge in [-0.15, -0.1) is 0 Å². The monoisotopic (exact) mass is 420 g/mol. The smallest absolute Gasteiger partial charge is 0.139 e. The van der Waals surface area contributed by atoms with Crippen molar-refractivity contribution in [2.24, 2.45) is 0 Å². The van der Waals surface area contributed by atoms with Gasteiger partial charge in [-0.3, -0.25) is 4.98 Å². The van der Waals surface area contributed by atoms with Crippen molar-refractivity contribution in [3.8, 4) is 17.0 Å². The first-order valence-corrected chi connectivity index (χ1v) is 10.8. The highest BCUT2D eigenvalue weighted by molar-refractivity contribution is 5.94. The average molecular weight is 421 g/mol. The molecule has 0 aliphatic rings. The van der Waals surface area contributed by atoms with Crippen LogP contribution >= 0.6 is 0 Å². The molecule has 5 nitrogen and oxygen atoms in total. The molecule has 3 heterocycles. The fourth-order valence-corrected chi connectivity index (χ4v) is 3.75. The molecule has 0 aliphatic heterocycles. The number of hydrogen-bond acceptors (Lipinski definition) is 4. The maximum atomic E-state index is 6.02. The lowest BCUT2D eigenvalue weighted by Crippen LogP contribution is -1.99. The molecule has 158 valence electrons. The summed E-state index contributed by atoms with van der Waals surface area (Å²) in [6.07, 6.45) is 7.36. The summed E-state index contributed by atoms with van der Waals surface area (Å²) in [5, 5.41) is 4.45. The summed E-state index contributed by atoms with van der Waals surface area (Å²) < 4.78 is 6.02. The number of nitrogens with zero attached hydrogens (tertiary/aromatic N) is 2. The average Bonchev–Trinajstić information content (AvgIpc) is 3.29. The van der Waals surface area contributed by atoms with Crippen LogP contribution in [0.15, 0.2) is 97.5 Å². The predicted octanol–water partition coefficient (Wildman–Crippen LogP) is 6.38. The van der Waals surface area contributed by atoms with Gasteiger partial charge >= 0.3 is 0 Å². The van der Waals surface area contributed by atoms with E-state index in [9.17, 15) is 0 Å². The summed E-state index contributed by atoms with van der Waals surface area (Å²) in [5.41, 5.74) is 6.17. The molecular formula is C27H24N4O. The Morgan fingerprint density at radius 1 is 0.875 bits per heavy atom. The third-order valence-electron chi connectivity index (χ3n) is 5.34. The van der Waals surface area contributed by atoms with Crippen LogP contribution in [-0.4, -0.2) is 21.6 Å². The second-order valence-corrected chi connectivity index (χ2v) is 7.64. The molecule has 2 aromatic carbocycles. The first-order valence-electron chi connectivity index (χ1n) is 10.8. The number of fused-ring (bicyclic) bond motifs is 1. The van der Waals surface area contributed by atoms with E-state index in [1.807, 2.05) is 36.4 Å². The van der Waals surface area contributed by atoms with Gasteiger partial charge in [0.05, 0.1) is 24.2 Å². The van der Waals surface area contributed by atoms with Crippen LogP contribution < -0.4 is 10.1 Å². The molecule has 3 aromatic heterocycles. The Bertz CT molecular complexity index is 1300. The number of hydrogen-bond donors (Lipinski definition) is 2. The SMILES string of the molecule is c1ccc(CCCOc2cccc(-c3cc4c(Nc5cccnc5)ccnc4[nH]3)c2)cc1. The third kappa shape index (κ3) is 4.62. The van der Waals surface area contributed by atoms with E-state index >= 15 is 0 Å². The molecule has 0 saturated heterocycles. The summed E-state index contributed by atoms with van der Waals surface area (Å²) in [7, 11) is 0. The van der Waals surface area contributed by atoms with E-state index in [1.54, 1.807) is 18.6 Å². The number of ether oxygens (including phenoxy) is 1. The molecule has 0 amide bonds. The Balaban J connectivity index is 1.30. The van der Waals surface area contributed by atoms with E-state index in [0.29, 0.717) is 6.61 Å². The molecule has 32 heavy (non-hydrogen) atoms. The van der Waals surface area contributed by atoms with Crippen LogP contribution in [0, 0.1) is 0 Å². The highest BCUT2D eigenvalue weighted by Crippen LogP contribution is 2.31. The first kappa shape index (κ1) is 19.8. The van der Waals surface area contributed by atoms with Gasteiger partial charge in [0.2, 0.25) is 0 Å². The van der Waals surface area contributed by atoms with Crippen molar-refractivity contribution in [3.63, 3.8) is 0 Å². The minimum Gasteiger partial charge on any atom is -0.494 e. The summed E-state index contributed by atoms with van der Waals surface area (Å²) in [6, 6.07) is 26.7. The Morgan fingerprint density at radius 3 is 2.69 bits per heavy atom. The van der Waals surface area contributed by atoms with Crippen molar-refractivity contribution >= 4 is 22.4 Å². The van der Waals surface area contributed by atoms with E-state index in [0.717, 1.165) is 52.3 Å². The van der Waals surface area contributed by atoms with Gasteiger partial charge in [0.15, 0.2) is 0 Å². The van der Waals surface area contributed by atoms with Crippen molar-refractivity contribution in [3.05, 3.63) is 103 Å². The minimum atomic E-state index is 0.686. The lowest BCUT2D eigenvalue weighted by molar-refractivity contribution is 0.311. The number of nitrogens with one attached hydrogen (secondary N) is 2. The van der Waals surface area contributed by atoms with Gasteiger partial charge in [-0.05, 0) is 54.8 Å². The van der Waals surface area contributed by atoms with Gasteiger partial charge in [-0.1, -0.05) is 42.5 Å². The number of aryl methyl sites for hydroxylation is 1. The van der Waals surface area contributed by atoms with E-state index in [-0.39, 0.29) is 0 Å². The van der Waals surface area contributed by atoms with E-state index < -0.39 is 0 Å². The van der Waals surface area contributed by atoms with E-state index in [2.05, 4.69) is 62.7 Å². The van der Waals surface area contributed by atoms with Gasteiger partial charge in [0, 0.05) is 29.0 Å². The number of aromatic nitrogens is 3. The highest BCUT2D eigenvalue weighted by Gasteiger charge is 2.09. The Morgan fingerprint density at radius 2 is 1.81 bits per heavy atom. The molecule has 5 aromatic rings. The third-order valence-corrected chi connectivity index (χ3v) is 5.34. The van der Waals surface area contributed by atoms with Crippen molar-refractivity contribution in [2.45, 2.75) is 12.8 Å². The van der Waals surface area contributed by atoms with Crippen molar-refractivity contribution in [1.82, 2.24) is 15.0 Å². The van der Waals surface area contributed by atoms with Crippen LogP contribution in [0.3, 0.4) is 0 Å². The van der Waals surface area contributed by atoms with Gasteiger partial charge in [-0.25, -0.2) is 4.98 Å². The number of aromatic amines is 1. The number of anilines is 2. The number of pyridine rings is 2. The van der Waals surface area contributed by atoms with Gasteiger partial charge < -0.3 is 15.0 Å². The topological polar surface area (TPSA) is 62.8 Å². The zero-order valence-corrected chi connectivity index (χ0v) is 17.7. The molecule has 0 radical (unpaired) electrons. The molecule has 0 bridgehead atoms. The fraction of sp³-hybridized carbons (Fsp3) is 0.111. The highest BCUT2D eigenvalue weighted by atomic mass is 16.5. The molecular weight excluding hydrogens is 396 g/mol. The van der Waals surface area contributed by atoms with Gasteiger partial charge in [0.25, 0.3) is 0 Å². The maximum absolute atomic E-state index is 6.02. The molecule has 0 fully saturated rings. The molecule has 0 spiro atoms. The quantitative estimate of drug-likeness (QED) is 0.286. The Labute approximate surface area is 187 Å². The van der Waals surface area contributed by atoms with Gasteiger partial charge in [0.1, 0.15) is 11.4 Å². The zero-order chi connectivity index (χ0) is 21.6. The second-order valence-electron chi connectivity index (χ2n) is 7.64. The summed E-state index contributed by atoms with van der Waals surface area (Å²) in [5.74, 6) is 0.871. The Kier molecular flexibility index (Phi) is 5.79. The largest absolute Gasteiger partial charge is 0.494 e. The number of H-pyrrole nitrogens is 1. The molecule has 0 unspecified atom stereocenters. The standard InChI is InChI=1S/C27H24N4O/c1-2-7-20(8-3-1)9-6-16-32-23-12-4-10-21(17-23)26-18-24-25(13-15-29-27(24)31-26)30-22-11-5-14-28-19-22/h1-5,7-8,10-15,17-19H,6,9,16H2,(H2,29,30,31). The van der Waals surface area contributed by atoms with Crippen LogP contribution in [0.25, 0.3) is 22.3 Å². The molecule has 0 atom stereocenters. The molecule has 5 rings (SSSR count). The van der Waals surface area contributed by atoms with Crippen LogP contribution in [0.1, 0.15) is 12.0 Å². The number of rotatable bonds is 8. The second kappa shape index (κ2) is 9.35. The van der Waals surface area contributed by atoms with Crippen molar-refractivity contribution in [2.75, 3.05) is 11.9 Å². The molecule has 0 aliphatic carbocycles. The zero-order valence-electron chi connectivity index (χ0n) is 17.7. The van der Waals surface area contributed by atoms with Crippen LogP contribution in [-0.2, 0) is 6.42 Å². The minimum absolute atomic E-state index is 0.686. The lowest BCUT2D eigenvalue weighted by atomic mass is 10.1. The van der Waals surface area contributed by atoms with Crippen LogP contribution in [0.5, 0.6) is 5.75 Å². The number of benzene rings is 2. The van der Waals surface area contributed by atoms with Crippen LogP contribution in [0.2, 0.25) is 0 Å². The summed E-state index contributed by atoms with van der Waals surface area (Å²) in [4.78, 5) is 12.1. The first-order chi connectivity index (χ1) is 15.8. The van der Waals surface area contributed by atoms with E-state index in [1.165, 1.54) is 5.56 Å². The fourth-order valence-electron chi connectivity index (χ4n) is 3.75. The normalized spacial score (nSPS) is 10.9. The van der Waals surface area contributed by atoms with E-state index in [4.69, 9.17) is 4.74 Å².